The first-order valence-corrected chi connectivity index (χ1v) is 7.12. The Bertz CT molecular complexity index is 343. The van der Waals surface area contributed by atoms with Crippen molar-refractivity contribution in [1.82, 2.24) is 9.97 Å². The molecule has 88 valence electrons. The lowest BCUT2D eigenvalue weighted by Crippen LogP contribution is -2.17. The van der Waals surface area contributed by atoms with Crippen molar-refractivity contribution >= 4 is 17.6 Å². The molecule has 1 fully saturated rings. The van der Waals surface area contributed by atoms with Crippen LogP contribution < -0.4 is 5.32 Å². The molecule has 1 aromatic rings. The van der Waals surface area contributed by atoms with Gasteiger partial charge in [0.15, 0.2) is 0 Å². The van der Waals surface area contributed by atoms with E-state index in [0.29, 0.717) is 0 Å². The lowest BCUT2D eigenvalue weighted by Gasteiger charge is -2.16. The highest BCUT2D eigenvalue weighted by molar-refractivity contribution is 7.98. The van der Waals surface area contributed by atoms with Crippen molar-refractivity contribution in [2.45, 2.75) is 31.2 Å². The molecule has 2 unspecified atom stereocenters. The van der Waals surface area contributed by atoms with Crippen LogP contribution in [-0.2, 0) is 0 Å². The van der Waals surface area contributed by atoms with Crippen molar-refractivity contribution in [1.29, 1.82) is 0 Å². The highest BCUT2D eigenvalue weighted by Gasteiger charge is 2.22. The summed E-state index contributed by atoms with van der Waals surface area (Å²) in [5, 5.41) is 4.45. The van der Waals surface area contributed by atoms with Gasteiger partial charge in [-0.05, 0) is 24.5 Å². The van der Waals surface area contributed by atoms with Gasteiger partial charge in [0.2, 0.25) is 0 Å². The van der Waals surface area contributed by atoms with Crippen LogP contribution in [0.5, 0.6) is 0 Å². The SMILES string of the molecule is CSc1cc(NCC2CCCC2C)ncn1. The molecule has 0 aromatic carbocycles. The van der Waals surface area contributed by atoms with E-state index in [1.54, 1.807) is 18.1 Å². The van der Waals surface area contributed by atoms with Crippen LogP contribution in [0.2, 0.25) is 0 Å². The number of hydrogen-bond acceptors (Lipinski definition) is 4. The predicted octanol–water partition coefficient (Wildman–Crippen LogP) is 3.05. The average molecular weight is 237 g/mol. The molecule has 1 heterocycles. The molecule has 2 rings (SSSR count). The standard InChI is InChI=1S/C12H19N3S/c1-9-4-3-5-10(9)7-13-11-6-12(16-2)15-8-14-11/h6,8-10H,3-5,7H2,1-2H3,(H,13,14,15). The third-order valence-electron chi connectivity index (χ3n) is 3.44. The molecule has 4 heteroatoms. The molecule has 1 aliphatic rings. The van der Waals surface area contributed by atoms with E-state index in [1.165, 1.54) is 19.3 Å². The van der Waals surface area contributed by atoms with Crippen molar-refractivity contribution in [3.8, 4) is 0 Å². The maximum absolute atomic E-state index is 4.24. The molecule has 0 aliphatic heterocycles. The van der Waals surface area contributed by atoms with Gasteiger partial charge in [-0.25, -0.2) is 9.97 Å². The maximum Gasteiger partial charge on any atom is 0.130 e. The van der Waals surface area contributed by atoms with Gasteiger partial charge in [-0.3, -0.25) is 0 Å². The van der Waals surface area contributed by atoms with Crippen molar-refractivity contribution in [2.75, 3.05) is 18.1 Å². The minimum atomic E-state index is 0.813. The van der Waals surface area contributed by atoms with Crippen molar-refractivity contribution < 1.29 is 0 Å². The maximum atomic E-state index is 4.24. The Hall–Kier alpha value is -0.770. The number of anilines is 1. The van der Waals surface area contributed by atoms with Gasteiger partial charge in [0.1, 0.15) is 17.2 Å². The summed E-state index contributed by atoms with van der Waals surface area (Å²) in [6.07, 6.45) is 7.78. The second-order valence-corrected chi connectivity index (χ2v) is 5.32. The molecule has 0 saturated heterocycles. The molecule has 16 heavy (non-hydrogen) atoms. The highest BCUT2D eigenvalue weighted by atomic mass is 32.2. The van der Waals surface area contributed by atoms with E-state index in [2.05, 4.69) is 22.2 Å². The number of nitrogens with zero attached hydrogens (tertiary/aromatic N) is 2. The van der Waals surface area contributed by atoms with E-state index in [1.807, 2.05) is 12.3 Å². The van der Waals surface area contributed by atoms with Gasteiger partial charge >= 0.3 is 0 Å². The minimum absolute atomic E-state index is 0.813. The molecule has 1 aromatic heterocycles. The lowest BCUT2D eigenvalue weighted by molar-refractivity contribution is 0.439. The van der Waals surface area contributed by atoms with Crippen LogP contribution in [0.3, 0.4) is 0 Å². The van der Waals surface area contributed by atoms with Crippen LogP contribution in [-0.4, -0.2) is 22.8 Å². The monoisotopic (exact) mass is 237 g/mol. The van der Waals surface area contributed by atoms with Crippen molar-refractivity contribution in [2.24, 2.45) is 11.8 Å². The Morgan fingerprint density at radius 2 is 2.31 bits per heavy atom. The molecule has 1 aliphatic carbocycles. The van der Waals surface area contributed by atoms with Crippen LogP contribution in [0, 0.1) is 11.8 Å². The van der Waals surface area contributed by atoms with Crippen LogP contribution in [0.25, 0.3) is 0 Å². The quantitative estimate of drug-likeness (QED) is 0.645. The largest absolute Gasteiger partial charge is 0.370 e. The highest BCUT2D eigenvalue weighted by Crippen LogP contribution is 2.31. The zero-order valence-electron chi connectivity index (χ0n) is 9.94. The molecule has 0 radical (unpaired) electrons. The van der Waals surface area contributed by atoms with Gasteiger partial charge in [-0.2, -0.15) is 0 Å². The first kappa shape index (κ1) is 11.7. The van der Waals surface area contributed by atoms with E-state index in [-0.39, 0.29) is 0 Å². The van der Waals surface area contributed by atoms with E-state index >= 15 is 0 Å². The smallest absolute Gasteiger partial charge is 0.130 e. The van der Waals surface area contributed by atoms with Gasteiger partial charge in [0.05, 0.1) is 0 Å². The fourth-order valence-corrected chi connectivity index (χ4v) is 2.69. The Morgan fingerprint density at radius 3 is 3.00 bits per heavy atom. The van der Waals surface area contributed by atoms with E-state index in [4.69, 9.17) is 0 Å². The number of aromatic nitrogens is 2. The van der Waals surface area contributed by atoms with Gasteiger partial charge in [-0.15, -0.1) is 11.8 Å². The molecule has 0 bridgehead atoms. The molecular formula is C12H19N3S. The molecule has 0 amide bonds. The fraction of sp³-hybridized carbons (Fsp3) is 0.667. The van der Waals surface area contributed by atoms with Crippen LogP contribution in [0.4, 0.5) is 5.82 Å². The van der Waals surface area contributed by atoms with Gasteiger partial charge in [0, 0.05) is 12.6 Å². The number of thioether (sulfide) groups is 1. The molecule has 1 N–H and O–H groups in total. The Labute approximate surface area is 101 Å². The van der Waals surface area contributed by atoms with E-state index < -0.39 is 0 Å². The summed E-state index contributed by atoms with van der Waals surface area (Å²) in [5.41, 5.74) is 0. The fourth-order valence-electron chi connectivity index (χ4n) is 2.31. The lowest BCUT2D eigenvalue weighted by atomic mass is 9.98. The van der Waals surface area contributed by atoms with Gasteiger partial charge in [0.25, 0.3) is 0 Å². The summed E-state index contributed by atoms with van der Waals surface area (Å²) in [5.74, 6) is 2.63. The number of hydrogen-bond donors (Lipinski definition) is 1. The van der Waals surface area contributed by atoms with Crippen molar-refractivity contribution in [3.63, 3.8) is 0 Å². The summed E-state index contributed by atoms with van der Waals surface area (Å²) >= 11 is 1.65. The molecule has 3 nitrogen and oxygen atoms in total. The molecule has 1 saturated carbocycles. The second-order valence-electron chi connectivity index (χ2n) is 4.49. The van der Waals surface area contributed by atoms with Crippen molar-refractivity contribution in [3.05, 3.63) is 12.4 Å². The molecular weight excluding hydrogens is 218 g/mol. The summed E-state index contributed by atoms with van der Waals surface area (Å²) in [7, 11) is 0. The van der Waals surface area contributed by atoms with Crippen LogP contribution in [0.1, 0.15) is 26.2 Å². The third-order valence-corrected chi connectivity index (χ3v) is 4.08. The second kappa shape index (κ2) is 5.53. The topological polar surface area (TPSA) is 37.8 Å². The summed E-state index contributed by atoms with van der Waals surface area (Å²) in [6.45, 7) is 3.40. The molecule has 0 spiro atoms. The van der Waals surface area contributed by atoms with Gasteiger partial charge < -0.3 is 5.32 Å². The van der Waals surface area contributed by atoms with Crippen LogP contribution in [0.15, 0.2) is 17.4 Å². The first-order chi connectivity index (χ1) is 7.79. The number of rotatable bonds is 4. The zero-order valence-corrected chi connectivity index (χ0v) is 10.8. The zero-order chi connectivity index (χ0) is 11.4. The molecule has 2 atom stereocenters. The van der Waals surface area contributed by atoms with Gasteiger partial charge in [-0.1, -0.05) is 19.8 Å². The minimum Gasteiger partial charge on any atom is -0.370 e. The van der Waals surface area contributed by atoms with E-state index in [9.17, 15) is 0 Å². The summed E-state index contributed by atoms with van der Waals surface area (Å²) < 4.78 is 0. The third kappa shape index (κ3) is 2.88. The van der Waals surface area contributed by atoms with Crippen LogP contribution >= 0.6 is 11.8 Å². The Balaban J connectivity index is 1.88. The number of nitrogens with one attached hydrogen (secondary N) is 1. The summed E-state index contributed by atoms with van der Waals surface area (Å²) in [4.78, 5) is 8.40. The average Bonchev–Trinajstić information content (AvgIpc) is 2.72. The summed E-state index contributed by atoms with van der Waals surface area (Å²) in [6, 6.07) is 2.02. The Morgan fingerprint density at radius 1 is 1.44 bits per heavy atom. The van der Waals surface area contributed by atoms with E-state index in [0.717, 1.165) is 29.2 Å². The normalized spacial score (nSPS) is 24.6. The predicted molar refractivity (Wildman–Crippen MR) is 68.8 cm³/mol. The first-order valence-electron chi connectivity index (χ1n) is 5.89. The Kier molecular flexibility index (Phi) is 4.04.